The van der Waals surface area contributed by atoms with Crippen molar-refractivity contribution in [3.8, 4) is 0 Å². The Hall–Kier alpha value is 0.600. The summed E-state index contributed by atoms with van der Waals surface area (Å²) in [6.45, 7) is 2.55. The maximum atomic E-state index is 3.50. The van der Waals surface area contributed by atoms with Crippen molar-refractivity contribution in [2.45, 2.75) is 19.3 Å². The van der Waals surface area contributed by atoms with Gasteiger partial charge in [-0.3, -0.25) is 0 Å². The molecule has 1 N–H and O–H groups in total. The fraction of sp³-hybridized carbons (Fsp3) is 1.00. The minimum atomic E-state index is 0. The van der Waals surface area contributed by atoms with Gasteiger partial charge in [-0.2, -0.15) is 11.8 Å². The molecule has 0 saturated carbocycles. The molecule has 1 spiro atoms. The predicted molar refractivity (Wildman–Crippen MR) is 53.7 cm³/mol. The Morgan fingerprint density at radius 2 is 2.18 bits per heavy atom. The van der Waals surface area contributed by atoms with Crippen LogP contribution in [0, 0.1) is 5.41 Å². The zero-order valence-corrected chi connectivity index (χ0v) is 8.40. The first-order valence-corrected chi connectivity index (χ1v) is 5.35. The minimum absolute atomic E-state index is 0. The van der Waals surface area contributed by atoms with E-state index in [-0.39, 0.29) is 12.4 Å². The average molecular weight is 194 g/mol. The molecular weight excluding hydrogens is 178 g/mol. The SMILES string of the molecule is C1CNCC2(C1)CCSC2.Cl. The van der Waals surface area contributed by atoms with Gasteiger partial charge >= 0.3 is 0 Å². The largest absolute Gasteiger partial charge is 0.316 e. The maximum absolute atomic E-state index is 3.50. The van der Waals surface area contributed by atoms with Crippen LogP contribution < -0.4 is 5.32 Å². The lowest BCUT2D eigenvalue weighted by atomic mass is 9.80. The molecule has 0 aromatic rings. The zero-order chi connectivity index (χ0) is 6.86. The fourth-order valence-electron chi connectivity index (χ4n) is 2.02. The summed E-state index contributed by atoms with van der Waals surface area (Å²) in [4.78, 5) is 0. The van der Waals surface area contributed by atoms with Crippen LogP contribution >= 0.6 is 24.2 Å². The molecular formula is C8H16ClNS. The lowest BCUT2D eigenvalue weighted by molar-refractivity contribution is 0.245. The third kappa shape index (κ3) is 2.04. The van der Waals surface area contributed by atoms with E-state index in [4.69, 9.17) is 0 Å². The van der Waals surface area contributed by atoms with E-state index in [1.807, 2.05) is 0 Å². The molecule has 1 unspecified atom stereocenters. The number of thioether (sulfide) groups is 1. The second-order valence-corrected chi connectivity index (χ2v) is 4.69. The first-order chi connectivity index (χ1) is 4.91. The van der Waals surface area contributed by atoms with Gasteiger partial charge in [0.1, 0.15) is 0 Å². The van der Waals surface area contributed by atoms with E-state index in [1.165, 1.54) is 43.9 Å². The quantitative estimate of drug-likeness (QED) is 0.631. The van der Waals surface area contributed by atoms with Gasteiger partial charge in [0.25, 0.3) is 0 Å². The van der Waals surface area contributed by atoms with E-state index in [9.17, 15) is 0 Å². The predicted octanol–water partition coefficient (Wildman–Crippen LogP) is 1.91. The molecule has 2 fully saturated rings. The molecule has 2 aliphatic rings. The van der Waals surface area contributed by atoms with Crippen LogP contribution in [0.15, 0.2) is 0 Å². The first kappa shape index (κ1) is 9.69. The van der Waals surface area contributed by atoms with Gasteiger partial charge < -0.3 is 5.32 Å². The highest BCUT2D eigenvalue weighted by molar-refractivity contribution is 7.99. The van der Waals surface area contributed by atoms with Crippen LogP contribution in [-0.2, 0) is 0 Å². The number of hydrogen-bond donors (Lipinski definition) is 1. The van der Waals surface area contributed by atoms with Gasteiger partial charge in [0.2, 0.25) is 0 Å². The Morgan fingerprint density at radius 3 is 2.73 bits per heavy atom. The van der Waals surface area contributed by atoms with Crippen molar-refractivity contribution in [3.05, 3.63) is 0 Å². The van der Waals surface area contributed by atoms with E-state index in [2.05, 4.69) is 17.1 Å². The normalized spacial score (nSPS) is 37.1. The van der Waals surface area contributed by atoms with E-state index < -0.39 is 0 Å². The van der Waals surface area contributed by atoms with Gasteiger partial charge in [0.05, 0.1) is 0 Å². The van der Waals surface area contributed by atoms with Crippen LogP contribution in [0.25, 0.3) is 0 Å². The summed E-state index contributed by atoms with van der Waals surface area (Å²) < 4.78 is 0. The molecule has 11 heavy (non-hydrogen) atoms. The summed E-state index contributed by atoms with van der Waals surface area (Å²) in [5.74, 6) is 2.82. The maximum Gasteiger partial charge on any atom is 0.00160 e. The Morgan fingerprint density at radius 1 is 1.27 bits per heavy atom. The molecule has 66 valence electrons. The Labute approximate surface area is 79.1 Å². The van der Waals surface area contributed by atoms with Crippen molar-refractivity contribution >= 4 is 24.2 Å². The molecule has 3 heteroatoms. The topological polar surface area (TPSA) is 12.0 Å². The van der Waals surface area contributed by atoms with Gasteiger partial charge in [0, 0.05) is 12.3 Å². The van der Waals surface area contributed by atoms with E-state index in [1.54, 1.807) is 0 Å². The van der Waals surface area contributed by atoms with Gasteiger partial charge in [-0.25, -0.2) is 0 Å². The van der Waals surface area contributed by atoms with Gasteiger partial charge in [0.15, 0.2) is 0 Å². The Bertz CT molecular complexity index is 115. The van der Waals surface area contributed by atoms with Gasteiger partial charge in [-0.05, 0) is 37.0 Å². The fourth-order valence-corrected chi connectivity index (χ4v) is 3.56. The number of hydrogen-bond acceptors (Lipinski definition) is 2. The molecule has 0 radical (unpaired) electrons. The summed E-state index contributed by atoms with van der Waals surface area (Å²) in [6.07, 6.45) is 4.35. The van der Waals surface area contributed by atoms with Crippen molar-refractivity contribution < 1.29 is 0 Å². The van der Waals surface area contributed by atoms with Crippen LogP contribution in [0.3, 0.4) is 0 Å². The number of halogens is 1. The van der Waals surface area contributed by atoms with Crippen LogP contribution in [0.1, 0.15) is 19.3 Å². The highest BCUT2D eigenvalue weighted by Crippen LogP contribution is 2.40. The molecule has 0 amide bonds. The summed E-state index contributed by atoms with van der Waals surface area (Å²) in [5, 5.41) is 3.50. The van der Waals surface area contributed by atoms with Crippen molar-refractivity contribution in [2.75, 3.05) is 24.6 Å². The summed E-state index contributed by atoms with van der Waals surface area (Å²) in [5.41, 5.74) is 0.725. The number of piperidine rings is 1. The molecule has 0 aromatic carbocycles. The second-order valence-electron chi connectivity index (χ2n) is 3.58. The van der Waals surface area contributed by atoms with Crippen LogP contribution in [-0.4, -0.2) is 24.6 Å². The smallest absolute Gasteiger partial charge is 0.00160 e. The highest BCUT2D eigenvalue weighted by Gasteiger charge is 2.35. The number of rotatable bonds is 0. The Balaban J connectivity index is 0.000000605. The number of nitrogens with one attached hydrogen (secondary N) is 1. The molecule has 0 aromatic heterocycles. The zero-order valence-electron chi connectivity index (χ0n) is 6.77. The molecule has 2 rings (SSSR count). The van der Waals surface area contributed by atoms with Crippen LogP contribution in [0.4, 0.5) is 0 Å². The van der Waals surface area contributed by atoms with Crippen molar-refractivity contribution in [1.82, 2.24) is 5.32 Å². The lowest BCUT2D eigenvalue weighted by Crippen LogP contribution is -2.39. The van der Waals surface area contributed by atoms with Crippen molar-refractivity contribution in [1.29, 1.82) is 0 Å². The molecule has 1 atom stereocenters. The van der Waals surface area contributed by atoms with Crippen LogP contribution in [0.2, 0.25) is 0 Å². The lowest BCUT2D eigenvalue weighted by Gasteiger charge is -2.32. The monoisotopic (exact) mass is 193 g/mol. The molecule has 2 heterocycles. The van der Waals surface area contributed by atoms with Gasteiger partial charge in [-0.15, -0.1) is 12.4 Å². The Kier molecular flexibility index (Phi) is 3.53. The van der Waals surface area contributed by atoms with Crippen LogP contribution in [0.5, 0.6) is 0 Å². The molecule has 0 aliphatic carbocycles. The molecule has 0 bridgehead atoms. The molecule has 2 aliphatic heterocycles. The third-order valence-electron chi connectivity index (χ3n) is 2.75. The summed E-state index contributed by atoms with van der Waals surface area (Å²) in [7, 11) is 0. The minimum Gasteiger partial charge on any atom is -0.316 e. The highest BCUT2D eigenvalue weighted by atomic mass is 35.5. The first-order valence-electron chi connectivity index (χ1n) is 4.20. The average Bonchev–Trinajstić information content (AvgIpc) is 2.39. The summed E-state index contributed by atoms with van der Waals surface area (Å²) >= 11 is 2.14. The summed E-state index contributed by atoms with van der Waals surface area (Å²) in [6, 6.07) is 0. The second kappa shape index (κ2) is 4.01. The molecule has 2 saturated heterocycles. The van der Waals surface area contributed by atoms with Crippen molar-refractivity contribution in [2.24, 2.45) is 5.41 Å². The van der Waals surface area contributed by atoms with E-state index in [0.29, 0.717) is 0 Å². The third-order valence-corrected chi connectivity index (χ3v) is 4.05. The molecule has 1 nitrogen and oxygen atoms in total. The van der Waals surface area contributed by atoms with E-state index >= 15 is 0 Å². The van der Waals surface area contributed by atoms with E-state index in [0.717, 1.165) is 5.41 Å². The standard InChI is InChI=1S/C8H15NS.ClH/c1-2-8(6-9-4-1)3-5-10-7-8;/h9H,1-7H2;1H. The van der Waals surface area contributed by atoms with Gasteiger partial charge in [-0.1, -0.05) is 0 Å². The van der Waals surface area contributed by atoms with Crippen molar-refractivity contribution in [3.63, 3.8) is 0 Å².